The Morgan fingerprint density at radius 3 is 2.67 bits per heavy atom. The fourth-order valence-electron chi connectivity index (χ4n) is 1.53. The third kappa shape index (κ3) is 1.77. The number of hydrogen-bond donors (Lipinski definition) is 1. The standard InChI is InChI=1S/C9H7F3N4O2/c1-2-5-7-13-3-4(9(10,11)12)6(8(17)18)16(7)15-14-5/h3H,2H2,1H3,(H,17,18). The molecule has 0 atom stereocenters. The van der Waals surface area contributed by atoms with E-state index >= 15 is 0 Å². The zero-order chi connectivity index (χ0) is 13.5. The third-order valence-electron chi connectivity index (χ3n) is 2.34. The molecule has 2 heterocycles. The maximum Gasteiger partial charge on any atom is 0.420 e. The highest BCUT2D eigenvalue weighted by Crippen LogP contribution is 2.31. The van der Waals surface area contributed by atoms with Gasteiger partial charge in [0.1, 0.15) is 11.3 Å². The Bertz CT molecular complexity index is 620. The van der Waals surface area contributed by atoms with Crippen molar-refractivity contribution in [2.75, 3.05) is 0 Å². The first-order valence-corrected chi connectivity index (χ1v) is 4.90. The van der Waals surface area contributed by atoms with Crippen LogP contribution in [0.1, 0.15) is 28.7 Å². The van der Waals surface area contributed by atoms with Gasteiger partial charge >= 0.3 is 12.1 Å². The molecule has 0 spiro atoms. The van der Waals surface area contributed by atoms with E-state index in [-0.39, 0.29) is 5.65 Å². The number of carbonyl (C=O) groups is 1. The molecule has 2 aromatic heterocycles. The number of fused-ring (bicyclic) bond motifs is 1. The maximum atomic E-state index is 12.7. The van der Waals surface area contributed by atoms with Crippen LogP contribution in [0, 0.1) is 0 Å². The quantitative estimate of drug-likeness (QED) is 0.882. The smallest absolute Gasteiger partial charge is 0.420 e. The fraction of sp³-hybridized carbons (Fsp3) is 0.333. The van der Waals surface area contributed by atoms with Crippen LogP contribution in [0.5, 0.6) is 0 Å². The minimum atomic E-state index is -4.81. The van der Waals surface area contributed by atoms with E-state index in [0.29, 0.717) is 22.8 Å². The first-order valence-electron chi connectivity index (χ1n) is 4.90. The van der Waals surface area contributed by atoms with Gasteiger partial charge in [-0.25, -0.2) is 9.78 Å². The molecule has 0 saturated heterocycles. The van der Waals surface area contributed by atoms with E-state index in [0.717, 1.165) is 0 Å². The van der Waals surface area contributed by atoms with Gasteiger partial charge in [0.15, 0.2) is 11.3 Å². The number of aryl methyl sites for hydroxylation is 1. The highest BCUT2D eigenvalue weighted by Gasteiger charge is 2.38. The number of halogens is 3. The van der Waals surface area contributed by atoms with E-state index in [9.17, 15) is 18.0 Å². The minimum absolute atomic E-state index is 0.0166. The molecule has 18 heavy (non-hydrogen) atoms. The molecule has 0 fully saturated rings. The lowest BCUT2D eigenvalue weighted by Crippen LogP contribution is -2.18. The van der Waals surface area contributed by atoms with Gasteiger partial charge in [-0.05, 0) is 6.42 Å². The summed E-state index contributed by atoms with van der Waals surface area (Å²) in [5, 5.41) is 15.9. The molecular formula is C9H7F3N4O2. The molecule has 0 amide bonds. The van der Waals surface area contributed by atoms with Crippen molar-refractivity contribution in [3.63, 3.8) is 0 Å². The van der Waals surface area contributed by atoms with Gasteiger partial charge in [-0.1, -0.05) is 12.1 Å². The second-order valence-corrected chi connectivity index (χ2v) is 3.45. The lowest BCUT2D eigenvalue weighted by molar-refractivity contribution is -0.138. The van der Waals surface area contributed by atoms with Crippen LogP contribution in [0.4, 0.5) is 13.2 Å². The molecular weight excluding hydrogens is 253 g/mol. The topological polar surface area (TPSA) is 80.4 Å². The minimum Gasteiger partial charge on any atom is -0.476 e. The number of aromatic carboxylic acids is 1. The molecule has 1 N–H and O–H groups in total. The Morgan fingerprint density at radius 2 is 2.17 bits per heavy atom. The molecule has 2 aromatic rings. The van der Waals surface area contributed by atoms with Crippen molar-refractivity contribution in [2.45, 2.75) is 19.5 Å². The van der Waals surface area contributed by atoms with E-state index in [1.807, 2.05) is 0 Å². The Kier molecular flexibility index (Phi) is 2.68. The molecule has 0 aliphatic rings. The molecule has 96 valence electrons. The van der Waals surface area contributed by atoms with Gasteiger partial charge < -0.3 is 5.11 Å². The fourth-order valence-corrected chi connectivity index (χ4v) is 1.53. The Morgan fingerprint density at radius 1 is 1.50 bits per heavy atom. The van der Waals surface area contributed by atoms with E-state index in [1.165, 1.54) is 0 Å². The molecule has 0 aliphatic carbocycles. The number of rotatable bonds is 2. The number of hydrogen-bond acceptors (Lipinski definition) is 4. The molecule has 0 unspecified atom stereocenters. The average molecular weight is 260 g/mol. The van der Waals surface area contributed by atoms with E-state index < -0.39 is 23.4 Å². The van der Waals surface area contributed by atoms with Gasteiger partial charge in [-0.15, -0.1) is 5.10 Å². The van der Waals surface area contributed by atoms with Crippen LogP contribution in [0.25, 0.3) is 5.65 Å². The number of nitrogens with zero attached hydrogens (tertiary/aromatic N) is 4. The number of alkyl halides is 3. The largest absolute Gasteiger partial charge is 0.476 e. The molecule has 9 heteroatoms. The third-order valence-corrected chi connectivity index (χ3v) is 2.34. The van der Waals surface area contributed by atoms with E-state index in [4.69, 9.17) is 5.11 Å². The lowest BCUT2D eigenvalue weighted by Gasteiger charge is -2.10. The van der Waals surface area contributed by atoms with Crippen LogP contribution in [0.2, 0.25) is 0 Å². The summed E-state index contributed by atoms with van der Waals surface area (Å²) in [5.74, 6) is -1.73. The summed E-state index contributed by atoms with van der Waals surface area (Å²) < 4.78 is 38.6. The van der Waals surface area contributed by atoms with Crippen molar-refractivity contribution in [3.8, 4) is 0 Å². The Labute approximate surface area is 98.1 Å². The monoisotopic (exact) mass is 260 g/mol. The Hall–Kier alpha value is -2.19. The summed E-state index contributed by atoms with van der Waals surface area (Å²) >= 11 is 0. The van der Waals surface area contributed by atoms with Crippen molar-refractivity contribution < 1.29 is 23.1 Å². The predicted molar refractivity (Wildman–Crippen MR) is 52.1 cm³/mol. The summed E-state index contributed by atoms with van der Waals surface area (Å²) in [7, 11) is 0. The maximum absolute atomic E-state index is 12.7. The highest BCUT2D eigenvalue weighted by atomic mass is 19.4. The van der Waals surface area contributed by atoms with Crippen LogP contribution in [-0.4, -0.2) is 30.9 Å². The summed E-state index contributed by atoms with van der Waals surface area (Å²) in [6.07, 6.45) is -3.94. The number of aromatic nitrogens is 4. The molecule has 0 radical (unpaired) electrons. The zero-order valence-electron chi connectivity index (χ0n) is 9.06. The number of carboxylic acids is 1. The van der Waals surface area contributed by atoms with Crippen LogP contribution >= 0.6 is 0 Å². The van der Waals surface area contributed by atoms with Gasteiger partial charge in [-0.2, -0.15) is 17.7 Å². The average Bonchev–Trinajstić information content (AvgIpc) is 2.68. The van der Waals surface area contributed by atoms with Crippen LogP contribution in [0.15, 0.2) is 6.20 Å². The first-order chi connectivity index (χ1) is 8.36. The summed E-state index contributed by atoms with van der Waals surface area (Å²) in [6.45, 7) is 1.71. The van der Waals surface area contributed by atoms with Crippen molar-refractivity contribution in [3.05, 3.63) is 23.1 Å². The SMILES string of the molecule is CCc1nnn2c(C(=O)O)c(C(F)(F)F)cnc12. The lowest BCUT2D eigenvalue weighted by atomic mass is 10.2. The van der Waals surface area contributed by atoms with Crippen LogP contribution in [0.3, 0.4) is 0 Å². The highest BCUT2D eigenvalue weighted by molar-refractivity contribution is 5.88. The summed E-state index contributed by atoms with van der Waals surface area (Å²) in [5.41, 5.74) is -1.98. The van der Waals surface area contributed by atoms with Gasteiger partial charge in [0.05, 0.1) is 0 Å². The van der Waals surface area contributed by atoms with E-state index in [1.54, 1.807) is 6.92 Å². The Balaban J connectivity index is 2.84. The van der Waals surface area contributed by atoms with E-state index in [2.05, 4.69) is 15.3 Å². The second kappa shape index (κ2) is 3.93. The number of carboxylic acid groups (broad SMARTS) is 1. The normalized spacial score (nSPS) is 12.0. The van der Waals surface area contributed by atoms with Crippen LogP contribution in [-0.2, 0) is 12.6 Å². The first kappa shape index (κ1) is 12.3. The molecule has 6 nitrogen and oxygen atoms in total. The van der Waals surface area contributed by atoms with Gasteiger partial charge in [0, 0.05) is 6.20 Å². The van der Waals surface area contributed by atoms with Crippen molar-refractivity contribution in [1.82, 2.24) is 19.8 Å². The molecule has 0 saturated carbocycles. The molecule has 0 aliphatic heterocycles. The van der Waals surface area contributed by atoms with Gasteiger partial charge in [-0.3, -0.25) is 0 Å². The van der Waals surface area contributed by atoms with Crippen LogP contribution < -0.4 is 0 Å². The zero-order valence-corrected chi connectivity index (χ0v) is 9.06. The molecule has 0 bridgehead atoms. The summed E-state index contributed by atoms with van der Waals surface area (Å²) in [6, 6.07) is 0. The van der Waals surface area contributed by atoms with Gasteiger partial charge in [0.25, 0.3) is 0 Å². The van der Waals surface area contributed by atoms with Crippen molar-refractivity contribution in [2.24, 2.45) is 0 Å². The molecule has 2 rings (SSSR count). The molecule has 0 aromatic carbocycles. The predicted octanol–water partition coefficient (Wildman–Crippen LogP) is 1.40. The van der Waals surface area contributed by atoms with Crippen molar-refractivity contribution >= 4 is 11.6 Å². The summed E-state index contributed by atoms with van der Waals surface area (Å²) in [4.78, 5) is 14.5. The second-order valence-electron chi connectivity index (χ2n) is 3.45. The van der Waals surface area contributed by atoms with Gasteiger partial charge in [0.2, 0.25) is 0 Å². The van der Waals surface area contributed by atoms with Crippen molar-refractivity contribution in [1.29, 1.82) is 0 Å².